The number of carbonyl (C=O) groups excluding carboxylic acids is 1. The van der Waals surface area contributed by atoms with E-state index in [-0.39, 0.29) is 23.6 Å². The monoisotopic (exact) mass is 437 g/mol. The molecular formula is C22H27N7O3. The van der Waals surface area contributed by atoms with Gasteiger partial charge in [0.1, 0.15) is 22.9 Å². The Balaban J connectivity index is 1.48. The number of aliphatic hydroxyl groups excluding tert-OH is 1. The lowest BCUT2D eigenvalue weighted by Gasteiger charge is -2.34. The number of anilines is 3. The normalized spacial score (nSPS) is 24.5. The van der Waals surface area contributed by atoms with E-state index in [4.69, 9.17) is 0 Å². The minimum atomic E-state index is -0.500. The second-order valence-electron chi connectivity index (χ2n) is 8.68. The van der Waals surface area contributed by atoms with Crippen molar-refractivity contribution in [3.05, 3.63) is 46.5 Å². The van der Waals surface area contributed by atoms with Crippen molar-refractivity contribution in [1.82, 2.24) is 24.5 Å². The Bertz CT molecular complexity index is 1230. The van der Waals surface area contributed by atoms with E-state index in [1.165, 1.54) is 6.20 Å². The summed E-state index contributed by atoms with van der Waals surface area (Å²) < 4.78 is 3.13. The van der Waals surface area contributed by atoms with Crippen molar-refractivity contribution in [1.29, 1.82) is 0 Å². The van der Waals surface area contributed by atoms with E-state index >= 15 is 0 Å². The van der Waals surface area contributed by atoms with Crippen LogP contribution < -0.4 is 21.5 Å². The van der Waals surface area contributed by atoms with Gasteiger partial charge in [-0.2, -0.15) is 9.61 Å². The van der Waals surface area contributed by atoms with E-state index in [1.807, 2.05) is 0 Å². The highest BCUT2D eigenvalue weighted by atomic mass is 16.3. The average molecular weight is 438 g/mol. The number of rotatable bonds is 6. The third-order valence-electron chi connectivity index (χ3n) is 6.71. The number of hydrogen-bond donors (Lipinski definition) is 4. The first-order chi connectivity index (χ1) is 15.5. The van der Waals surface area contributed by atoms with Crippen molar-refractivity contribution in [2.24, 2.45) is 5.92 Å². The van der Waals surface area contributed by atoms with E-state index in [9.17, 15) is 14.7 Å². The van der Waals surface area contributed by atoms with Gasteiger partial charge in [-0.25, -0.2) is 4.98 Å². The fraction of sp³-hybridized carbons (Fsp3) is 0.455. The summed E-state index contributed by atoms with van der Waals surface area (Å²) in [6, 6.07) is 5.14. The van der Waals surface area contributed by atoms with Crippen LogP contribution in [0.15, 0.2) is 35.4 Å². The molecule has 0 spiro atoms. The molecule has 0 radical (unpaired) electrons. The zero-order chi connectivity index (χ0) is 22.4. The first-order valence-corrected chi connectivity index (χ1v) is 11.0. The van der Waals surface area contributed by atoms with Crippen molar-refractivity contribution >= 4 is 28.9 Å². The molecule has 3 aromatic rings. The Morgan fingerprint density at radius 2 is 2.09 bits per heavy atom. The van der Waals surface area contributed by atoms with Crippen LogP contribution in [-0.2, 0) is 0 Å². The van der Waals surface area contributed by atoms with E-state index in [1.54, 1.807) is 40.5 Å². The number of amides is 1. The lowest BCUT2D eigenvalue weighted by atomic mass is 9.81. The summed E-state index contributed by atoms with van der Waals surface area (Å²) in [5, 5.41) is 23.5. The van der Waals surface area contributed by atoms with Crippen molar-refractivity contribution in [2.75, 3.05) is 17.7 Å². The summed E-state index contributed by atoms with van der Waals surface area (Å²) in [7, 11) is 1.75. The number of pyridine rings is 1. The van der Waals surface area contributed by atoms with Gasteiger partial charge in [0.2, 0.25) is 0 Å². The molecular weight excluding hydrogens is 410 g/mol. The average Bonchev–Trinajstić information content (AvgIpc) is 3.21. The fourth-order valence-electron chi connectivity index (χ4n) is 4.29. The van der Waals surface area contributed by atoms with Crippen molar-refractivity contribution in [3.63, 3.8) is 0 Å². The number of hydrogen-bond acceptors (Lipinski definition) is 7. The van der Waals surface area contributed by atoms with Crippen LogP contribution >= 0.6 is 0 Å². The topological polar surface area (TPSA) is 126 Å². The molecule has 10 heteroatoms. The van der Waals surface area contributed by atoms with Gasteiger partial charge in [0.05, 0.1) is 18.3 Å². The second-order valence-corrected chi connectivity index (χ2v) is 8.68. The zero-order valence-electron chi connectivity index (χ0n) is 18.1. The molecule has 3 aromatic heterocycles. The van der Waals surface area contributed by atoms with Gasteiger partial charge in [-0.1, -0.05) is 6.92 Å². The summed E-state index contributed by atoms with van der Waals surface area (Å²) in [5.41, 5.74) is 0.899. The molecule has 168 valence electrons. The molecule has 0 aromatic carbocycles. The van der Waals surface area contributed by atoms with E-state index in [2.05, 4.69) is 33.0 Å². The Labute approximate surface area is 184 Å². The molecule has 10 nitrogen and oxygen atoms in total. The predicted molar refractivity (Wildman–Crippen MR) is 120 cm³/mol. The standard InChI is InChI=1S/C22H27N7O3/c1-12-5-6-14(12)26-21(31)13-11-24-29-19(23-2)10-18(27-20(13)29)25-15-4-3-9-28(22(15)32)16-7-8-17(16)30/h3-4,9-12,14,16-17,23,30H,5-8H2,1-2H3,(H,25,27)(H,26,31)/t12-,14+,16+,17-/m1/s1. The van der Waals surface area contributed by atoms with Crippen LogP contribution in [0.5, 0.6) is 0 Å². The number of nitrogens with zero attached hydrogens (tertiary/aromatic N) is 4. The molecule has 0 saturated heterocycles. The van der Waals surface area contributed by atoms with Crippen molar-refractivity contribution in [2.45, 2.75) is 50.8 Å². The molecule has 4 N–H and O–H groups in total. The summed E-state index contributed by atoms with van der Waals surface area (Å²) in [6.45, 7) is 2.12. The third-order valence-corrected chi connectivity index (χ3v) is 6.71. The SMILES string of the molecule is CNc1cc(Nc2cccn([C@H]3CC[C@H]3O)c2=O)nc2c(C(=O)N[C@H]3CC[C@H]3C)cnn12. The highest BCUT2D eigenvalue weighted by Crippen LogP contribution is 2.31. The molecule has 3 heterocycles. The molecule has 1 amide bonds. The molecule has 2 fully saturated rings. The van der Waals surface area contributed by atoms with Crippen LogP contribution in [-0.4, -0.2) is 49.4 Å². The maximum atomic E-state index is 13.0. The quantitative estimate of drug-likeness (QED) is 0.464. The second kappa shape index (κ2) is 7.94. The van der Waals surface area contributed by atoms with Crippen LogP contribution in [0.3, 0.4) is 0 Å². The first kappa shape index (κ1) is 20.5. The van der Waals surface area contributed by atoms with Crippen LogP contribution in [0.1, 0.15) is 49.0 Å². The molecule has 2 aliphatic carbocycles. The van der Waals surface area contributed by atoms with E-state index in [0.717, 1.165) is 19.3 Å². The highest BCUT2D eigenvalue weighted by molar-refractivity contribution is 6.00. The van der Waals surface area contributed by atoms with Crippen molar-refractivity contribution < 1.29 is 9.90 Å². The lowest BCUT2D eigenvalue weighted by molar-refractivity contribution is 0.0300. The van der Waals surface area contributed by atoms with Gasteiger partial charge < -0.3 is 25.6 Å². The number of aliphatic hydroxyl groups is 1. The Morgan fingerprint density at radius 1 is 1.25 bits per heavy atom. The smallest absolute Gasteiger partial charge is 0.274 e. The fourth-order valence-corrected chi connectivity index (χ4v) is 4.29. The molecule has 32 heavy (non-hydrogen) atoms. The molecule has 2 aliphatic rings. The number of aromatic nitrogens is 4. The minimum Gasteiger partial charge on any atom is -0.391 e. The van der Waals surface area contributed by atoms with Crippen LogP contribution in [0.2, 0.25) is 0 Å². The van der Waals surface area contributed by atoms with E-state index < -0.39 is 6.10 Å². The van der Waals surface area contributed by atoms with Crippen LogP contribution in [0.4, 0.5) is 17.3 Å². The maximum absolute atomic E-state index is 13.0. The summed E-state index contributed by atoms with van der Waals surface area (Å²) in [6.07, 6.45) is 6.26. The molecule has 2 saturated carbocycles. The van der Waals surface area contributed by atoms with E-state index in [0.29, 0.717) is 40.9 Å². The molecule has 0 unspecified atom stereocenters. The Hall–Kier alpha value is -3.40. The Morgan fingerprint density at radius 3 is 2.72 bits per heavy atom. The zero-order valence-corrected chi connectivity index (χ0v) is 18.1. The summed E-state index contributed by atoms with van der Waals surface area (Å²) in [4.78, 5) is 30.4. The van der Waals surface area contributed by atoms with Gasteiger partial charge in [0.25, 0.3) is 11.5 Å². The number of nitrogens with one attached hydrogen (secondary N) is 3. The summed E-state index contributed by atoms with van der Waals surface area (Å²) in [5.74, 6) is 1.30. The largest absolute Gasteiger partial charge is 0.391 e. The maximum Gasteiger partial charge on any atom is 0.274 e. The molecule has 0 aliphatic heterocycles. The Kier molecular flexibility index (Phi) is 5.09. The lowest BCUT2D eigenvalue weighted by Crippen LogP contribution is -2.45. The van der Waals surface area contributed by atoms with Gasteiger partial charge in [0.15, 0.2) is 5.65 Å². The van der Waals surface area contributed by atoms with Crippen LogP contribution in [0.25, 0.3) is 5.65 Å². The third kappa shape index (κ3) is 3.40. The molecule has 5 rings (SSSR count). The number of carbonyl (C=O) groups is 1. The first-order valence-electron chi connectivity index (χ1n) is 11.0. The highest BCUT2D eigenvalue weighted by Gasteiger charge is 2.31. The minimum absolute atomic E-state index is 0.173. The number of fused-ring (bicyclic) bond motifs is 1. The van der Waals surface area contributed by atoms with Gasteiger partial charge in [-0.15, -0.1) is 0 Å². The van der Waals surface area contributed by atoms with Gasteiger partial charge in [0, 0.05) is 25.4 Å². The van der Waals surface area contributed by atoms with Crippen LogP contribution in [0, 0.1) is 5.92 Å². The molecule has 4 atom stereocenters. The molecule has 0 bridgehead atoms. The predicted octanol–water partition coefficient (Wildman–Crippen LogP) is 1.90. The van der Waals surface area contributed by atoms with Gasteiger partial charge >= 0.3 is 0 Å². The summed E-state index contributed by atoms with van der Waals surface area (Å²) >= 11 is 0. The van der Waals surface area contributed by atoms with Gasteiger partial charge in [-0.3, -0.25) is 9.59 Å². The van der Waals surface area contributed by atoms with Gasteiger partial charge in [-0.05, 0) is 43.7 Å². The van der Waals surface area contributed by atoms with Crippen molar-refractivity contribution in [3.8, 4) is 0 Å².